The van der Waals surface area contributed by atoms with Gasteiger partial charge in [0.2, 0.25) is 0 Å². The van der Waals surface area contributed by atoms with Crippen LogP contribution in [-0.2, 0) is 4.74 Å². The first-order valence-corrected chi connectivity index (χ1v) is 7.07. The molecule has 1 N–H and O–H groups in total. The van der Waals surface area contributed by atoms with Crippen LogP contribution in [-0.4, -0.2) is 48.8 Å². The number of nitrogens with one attached hydrogen (secondary N) is 1. The molecule has 1 saturated heterocycles. The summed E-state index contributed by atoms with van der Waals surface area (Å²) in [5.41, 5.74) is -0.00523. The number of ether oxygens (including phenoxy) is 1. The zero-order valence-electron chi connectivity index (χ0n) is 11.8. The van der Waals surface area contributed by atoms with Gasteiger partial charge in [-0.05, 0) is 46.5 Å². The molecule has 2 rings (SSSR count). The van der Waals surface area contributed by atoms with E-state index in [1.54, 1.807) is 0 Å². The third-order valence-corrected chi connectivity index (χ3v) is 3.73. The van der Waals surface area contributed by atoms with Crippen LogP contribution in [0.2, 0.25) is 0 Å². The lowest BCUT2D eigenvalue weighted by atomic mass is 10.1. The highest BCUT2D eigenvalue weighted by Gasteiger charge is 2.37. The fraction of sp³-hybridized carbons (Fsp3) is 1.00. The fourth-order valence-electron chi connectivity index (χ4n) is 2.67. The summed E-state index contributed by atoms with van der Waals surface area (Å²) in [6, 6.07) is 1.38. The number of hydrogen-bond donors (Lipinski definition) is 1. The van der Waals surface area contributed by atoms with Crippen LogP contribution in [0.5, 0.6) is 0 Å². The van der Waals surface area contributed by atoms with E-state index in [9.17, 15) is 0 Å². The molecule has 100 valence electrons. The van der Waals surface area contributed by atoms with Crippen molar-refractivity contribution in [3.63, 3.8) is 0 Å². The summed E-state index contributed by atoms with van der Waals surface area (Å²) in [5.74, 6) is 0.949. The largest absolute Gasteiger partial charge is 0.375 e. The van der Waals surface area contributed by atoms with Gasteiger partial charge in [0.25, 0.3) is 0 Å². The Balaban J connectivity index is 1.78. The average Bonchev–Trinajstić information content (AvgIpc) is 2.99. The van der Waals surface area contributed by atoms with E-state index in [1.165, 1.54) is 25.9 Å². The molecule has 1 heterocycles. The van der Waals surface area contributed by atoms with Crippen LogP contribution < -0.4 is 5.32 Å². The molecule has 2 aliphatic rings. The Labute approximate surface area is 106 Å². The molecule has 3 nitrogen and oxygen atoms in total. The van der Waals surface area contributed by atoms with Gasteiger partial charge in [-0.1, -0.05) is 0 Å². The lowest BCUT2D eigenvalue weighted by Crippen LogP contribution is -2.57. The van der Waals surface area contributed by atoms with Crippen LogP contribution in [0.1, 0.15) is 40.5 Å². The van der Waals surface area contributed by atoms with Crippen molar-refractivity contribution in [2.75, 3.05) is 26.2 Å². The summed E-state index contributed by atoms with van der Waals surface area (Å²) in [7, 11) is 0. The summed E-state index contributed by atoms with van der Waals surface area (Å²) >= 11 is 0. The van der Waals surface area contributed by atoms with Crippen LogP contribution in [0.15, 0.2) is 0 Å². The predicted octanol–water partition coefficient (Wildman–Crippen LogP) is 1.87. The van der Waals surface area contributed by atoms with Gasteiger partial charge < -0.3 is 10.1 Å². The number of nitrogens with zero attached hydrogens (tertiary/aromatic N) is 1. The van der Waals surface area contributed by atoms with Crippen molar-refractivity contribution in [1.29, 1.82) is 0 Å². The Morgan fingerprint density at radius 2 is 2.00 bits per heavy atom. The Morgan fingerprint density at radius 1 is 1.29 bits per heavy atom. The van der Waals surface area contributed by atoms with E-state index in [1.807, 2.05) is 0 Å². The van der Waals surface area contributed by atoms with E-state index in [-0.39, 0.29) is 5.60 Å². The Kier molecular flexibility index (Phi) is 4.11. The van der Waals surface area contributed by atoms with E-state index in [2.05, 4.69) is 37.9 Å². The molecule has 0 aromatic carbocycles. The highest BCUT2D eigenvalue weighted by atomic mass is 16.5. The molecular weight excluding hydrogens is 212 g/mol. The van der Waals surface area contributed by atoms with Gasteiger partial charge in [0.1, 0.15) is 0 Å². The third kappa shape index (κ3) is 4.23. The summed E-state index contributed by atoms with van der Waals surface area (Å²) < 4.78 is 5.85. The van der Waals surface area contributed by atoms with Crippen molar-refractivity contribution in [3.05, 3.63) is 0 Å². The minimum absolute atomic E-state index is 0.00523. The van der Waals surface area contributed by atoms with Crippen LogP contribution >= 0.6 is 0 Å². The lowest BCUT2D eigenvalue weighted by molar-refractivity contribution is -0.0233. The number of hydrogen-bond acceptors (Lipinski definition) is 3. The Morgan fingerprint density at radius 3 is 2.59 bits per heavy atom. The van der Waals surface area contributed by atoms with Gasteiger partial charge >= 0.3 is 0 Å². The molecule has 0 bridgehead atoms. The summed E-state index contributed by atoms with van der Waals surface area (Å²) in [6.45, 7) is 13.0. The quantitative estimate of drug-likeness (QED) is 0.812. The molecular formula is C14H28N2O. The van der Waals surface area contributed by atoms with E-state index in [4.69, 9.17) is 4.74 Å². The maximum absolute atomic E-state index is 5.85. The number of piperazine rings is 1. The second kappa shape index (κ2) is 5.25. The zero-order chi connectivity index (χ0) is 12.5. The van der Waals surface area contributed by atoms with Gasteiger partial charge in [0.15, 0.2) is 0 Å². The van der Waals surface area contributed by atoms with Crippen molar-refractivity contribution in [3.8, 4) is 0 Å². The monoisotopic (exact) mass is 240 g/mol. The van der Waals surface area contributed by atoms with Crippen molar-refractivity contribution in [2.24, 2.45) is 5.92 Å². The Bertz CT molecular complexity index is 245. The van der Waals surface area contributed by atoms with Gasteiger partial charge in [-0.15, -0.1) is 0 Å². The van der Waals surface area contributed by atoms with Crippen molar-refractivity contribution >= 4 is 0 Å². The van der Waals surface area contributed by atoms with Crippen molar-refractivity contribution in [2.45, 2.75) is 58.2 Å². The molecule has 0 radical (unpaired) electrons. The summed E-state index contributed by atoms with van der Waals surface area (Å²) in [6.07, 6.45) is 2.86. The van der Waals surface area contributed by atoms with Crippen LogP contribution in [0.3, 0.4) is 0 Å². The lowest BCUT2D eigenvalue weighted by Gasteiger charge is -2.40. The second-order valence-electron chi connectivity index (χ2n) is 6.67. The molecule has 3 heteroatoms. The maximum atomic E-state index is 5.85. The van der Waals surface area contributed by atoms with Gasteiger partial charge in [-0.3, -0.25) is 4.90 Å². The van der Waals surface area contributed by atoms with Crippen molar-refractivity contribution < 1.29 is 4.74 Å². The first kappa shape index (κ1) is 13.3. The average molecular weight is 240 g/mol. The molecule has 2 atom stereocenters. The highest BCUT2D eigenvalue weighted by Crippen LogP contribution is 2.36. The second-order valence-corrected chi connectivity index (χ2v) is 6.67. The Hall–Kier alpha value is -0.120. The van der Waals surface area contributed by atoms with E-state index in [0.717, 1.165) is 25.1 Å². The smallest absolute Gasteiger partial charge is 0.0600 e. The van der Waals surface area contributed by atoms with Crippen molar-refractivity contribution in [1.82, 2.24) is 10.2 Å². The predicted molar refractivity (Wildman–Crippen MR) is 71.3 cm³/mol. The summed E-state index contributed by atoms with van der Waals surface area (Å²) in [4.78, 5) is 2.64. The van der Waals surface area contributed by atoms with Crippen LogP contribution in [0, 0.1) is 5.92 Å². The topological polar surface area (TPSA) is 24.5 Å². The SMILES string of the molecule is CC1CN(CCOC(C)(C)C)C(C2CC2)CN1. The fourth-order valence-corrected chi connectivity index (χ4v) is 2.67. The minimum Gasteiger partial charge on any atom is -0.375 e. The molecule has 2 fully saturated rings. The van der Waals surface area contributed by atoms with Crippen LogP contribution in [0.25, 0.3) is 0 Å². The van der Waals surface area contributed by atoms with E-state index < -0.39 is 0 Å². The van der Waals surface area contributed by atoms with Gasteiger partial charge in [0, 0.05) is 31.7 Å². The van der Waals surface area contributed by atoms with Gasteiger partial charge in [-0.2, -0.15) is 0 Å². The standard InChI is InChI=1S/C14H28N2O/c1-11-10-16(7-8-17-14(2,3)4)13(9-15-11)12-5-6-12/h11-13,15H,5-10H2,1-4H3. The molecule has 0 aromatic heterocycles. The van der Waals surface area contributed by atoms with Gasteiger partial charge in [0.05, 0.1) is 12.2 Å². The highest BCUT2D eigenvalue weighted by molar-refractivity contribution is 4.94. The normalized spacial score (nSPS) is 31.8. The minimum atomic E-state index is -0.00523. The third-order valence-electron chi connectivity index (χ3n) is 3.73. The first-order valence-electron chi connectivity index (χ1n) is 7.07. The first-order chi connectivity index (χ1) is 7.96. The molecule has 1 saturated carbocycles. The molecule has 0 aromatic rings. The molecule has 0 amide bonds. The molecule has 1 aliphatic heterocycles. The van der Waals surface area contributed by atoms with Crippen LogP contribution in [0.4, 0.5) is 0 Å². The molecule has 2 unspecified atom stereocenters. The molecule has 17 heavy (non-hydrogen) atoms. The van der Waals surface area contributed by atoms with Gasteiger partial charge in [-0.25, -0.2) is 0 Å². The molecule has 1 aliphatic carbocycles. The number of rotatable bonds is 4. The van der Waals surface area contributed by atoms with E-state index in [0.29, 0.717) is 6.04 Å². The maximum Gasteiger partial charge on any atom is 0.0600 e. The zero-order valence-corrected chi connectivity index (χ0v) is 11.8. The molecule has 0 spiro atoms. The summed E-state index contributed by atoms with van der Waals surface area (Å²) in [5, 5.41) is 3.61. The van der Waals surface area contributed by atoms with E-state index >= 15 is 0 Å².